The summed E-state index contributed by atoms with van der Waals surface area (Å²) in [4.78, 5) is 38.1. The maximum atomic E-state index is 14.7. The molecule has 0 radical (unpaired) electrons. The van der Waals surface area contributed by atoms with Crippen LogP contribution in [0.15, 0.2) is 30.7 Å². The highest BCUT2D eigenvalue weighted by Gasteiger charge is 2.48. The fourth-order valence-electron chi connectivity index (χ4n) is 3.23. The van der Waals surface area contributed by atoms with Crippen LogP contribution < -0.4 is 20.3 Å². The predicted molar refractivity (Wildman–Crippen MR) is 111 cm³/mol. The molecule has 0 spiro atoms. The van der Waals surface area contributed by atoms with Crippen LogP contribution in [0.3, 0.4) is 0 Å². The Morgan fingerprint density at radius 1 is 1.31 bits per heavy atom. The molecule has 2 aromatic heterocycles. The van der Waals surface area contributed by atoms with E-state index in [0.717, 1.165) is 4.90 Å². The number of carbonyl (C=O) groups is 2. The number of rotatable bonds is 6. The van der Waals surface area contributed by atoms with Gasteiger partial charge in [-0.15, -0.1) is 0 Å². The van der Waals surface area contributed by atoms with Crippen LogP contribution in [0.4, 0.5) is 35.7 Å². The van der Waals surface area contributed by atoms with Crippen LogP contribution >= 0.6 is 0 Å². The predicted octanol–water partition coefficient (Wildman–Crippen LogP) is 2.74. The van der Waals surface area contributed by atoms with E-state index >= 15 is 0 Å². The van der Waals surface area contributed by atoms with Crippen molar-refractivity contribution in [2.45, 2.75) is 25.3 Å². The van der Waals surface area contributed by atoms with Crippen LogP contribution in [0.1, 0.15) is 13.3 Å². The Labute approximate surface area is 182 Å². The molecule has 1 aliphatic heterocycles. The molecule has 172 valence electrons. The second kappa shape index (κ2) is 9.58. The molecule has 2 aromatic rings. The van der Waals surface area contributed by atoms with Gasteiger partial charge >= 0.3 is 12.1 Å². The summed E-state index contributed by atoms with van der Waals surface area (Å²) in [6.07, 6.45) is 2.21. The van der Waals surface area contributed by atoms with Crippen molar-refractivity contribution in [3.8, 4) is 5.88 Å². The summed E-state index contributed by atoms with van der Waals surface area (Å²) in [5, 5.41) is 13.5. The van der Waals surface area contributed by atoms with E-state index in [1.807, 2.05) is 0 Å². The van der Waals surface area contributed by atoms with Gasteiger partial charge in [0.05, 0.1) is 19.0 Å². The van der Waals surface area contributed by atoms with E-state index in [0.29, 0.717) is 12.4 Å². The first-order valence-corrected chi connectivity index (χ1v) is 9.77. The van der Waals surface area contributed by atoms with Gasteiger partial charge in [0.2, 0.25) is 5.88 Å². The third kappa shape index (κ3) is 5.47. The second-order valence-corrected chi connectivity index (χ2v) is 7.02. The Morgan fingerprint density at radius 3 is 2.75 bits per heavy atom. The van der Waals surface area contributed by atoms with Crippen molar-refractivity contribution in [2.24, 2.45) is 0 Å². The molecular formula is C19H23F2N7O4. The summed E-state index contributed by atoms with van der Waals surface area (Å²) in [5.41, 5.74) is 0.261. The molecule has 1 saturated heterocycles. The summed E-state index contributed by atoms with van der Waals surface area (Å²) in [5.74, 6) is -2.44. The SMILES string of the molecule is CCOc1cnc(NC(=O)N(C)C2CN(c3cc(NC(=O)O)ccn3)CCC2(F)F)cn1. The quantitative estimate of drug-likeness (QED) is 0.611. The van der Waals surface area contributed by atoms with E-state index in [4.69, 9.17) is 9.84 Å². The van der Waals surface area contributed by atoms with Crippen LogP contribution in [-0.2, 0) is 0 Å². The molecule has 1 aliphatic rings. The zero-order valence-corrected chi connectivity index (χ0v) is 17.5. The maximum Gasteiger partial charge on any atom is 0.409 e. The number of hydrogen-bond donors (Lipinski definition) is 3. The van der Waals surface area contributed by atoms with E-state index in [1.54, 1.807) is 11.8 Å². The molecule has 3 N–H and O–H groups in total. The molecule has 3 heterocycles. The average Bonchev–Trinajstić information content (AvgIpc) is 2.74. The van der Waals surface area contributed by atoms with E-state index < -0.39 is 30.5 Å². The molecule has 1 unspecified atom stereocenters. The fourth-order valence-corrected chi connectivity index (χ4v) is 3.23. The molecule has 1 atom stereocenters. The minimum absolute atomic E-state index is 0.00709. The van der Waals surface area contributed by atoms with Gasteiger partial charge in [0.15, 0.2) is 5.82 Å². The van der Waals surface area contributed by atoms with E-state index in [9.17, 15) is 18.4 Å². The molecule has 13 heteroatoms. The molecule has 0 saturated carbocycles. The molecule has 11 nitrogen and oxygen atoms in total. The number of anilines is 3. The van der Waals surface area contributed by atoms with Crippen LogP contribution in [0.5, 0.6) is 5.88 Å². The molecule has 1 fully saturated rings. The third-order valence-corrected chi connectivity index (χ3v) is 4.86. The molecule has 3 amide bonds. The molecule has 32 heavy (non-hydrogen) atoms. The Morgan fingerprint density at radius 2 is 2.09 bits per heavy atom. The molecule has 0 aromatic carbocycles. The van der Waals surface area contributed by atoms with Crippen molar-refractivity contribution < 1.29 is 28.2 Å². The van der Waals surface area contributed by atoms with Gasteiger partial charge in [-0.2, -0.15) is 0 Å². The number of nitrogens with one attached hydrogen (secondary N) is 2. The van der Waals surface area contributed by atoms with Crippen LogP contribution in [0, 0.1) is 0 Å². The number of piperidine rings is 1. The normalized spacial score (nSPS) is 17.4. The smallest absolute Gasteiger partial charge is 0.409 e. The van der Waals surface area contributed by atoms with E-state index in [2.05, 4.69) is 25.6 Å². The van der Waals surface area contributed by atoms with Gasteiger partial charge in [-0.25, -0.2) is 33.3 Å². The average molecular weight is 451 g/mol. The van der Waals surface area contributed by atoms with Crippen molar-refractivity contribution >= 4 is 29.4 Å². The Kier molecular flexibility index (Phi) is 6.85. The number of alkyl halides is 2. The molecule has 3 rings (SSSR count). The van der Waals surface area contributed by atoms with Crippen molar-refractivity contribution in [3.63, 3.8) is 0 Å². The lowest BCUT2D eigenvalue weighted by molar-refractivity contribution is -0.0759. The van der Waals surface area contributed by atoms with Crippen molar-refractivity contribution in [1.82, 2.24) is 19.9 Å². The van der Waals surface area contributed by atoms with Crippen LogP contribution in [-0.4, -0.2) is 75.8 Å². The number of pyridine rings is 1. The Balaban J connectivity index is 1.71. The fraction of sp³-hybridized carbons (Fsp3) is 0.421. The summed E-state index contributed by atoms with van der Waals surface area (Å²) in [6, 6.07) is 0.670. The van der Waals surface area contributed by atoms with Crippen LogP contribution in [0.2, 0.25) is 0 Å². The number of likely N-dealkylation sites (N-methyl/N-ethyl adjacent to an activating group) is 1. The van der Waals surface area contributed by atoms with Crippen molar-refractivity contribution in [1.29, 1.82) is 0 Å². The number of ether oxygens (including phenoxy) is 1. The first kappa shape index (κ1) is 22.9. The van der Waals surface area contributed by atoms with Gasteiger partial charge in [0.1, 0.15) is 11.9 Å². The summed E-state index contributed by atoms with van der Waals surface area (Å²) in [6.45, 7) is 1.98. The van der Waals surface area contributed by atoms with Gasteiger partial charge in [0.25, 0.3) is 5.92 Å². The zero-order chi connectivity index (χ0) is 23.3. The number of aromatic nitrogens is 3. The van der Waals surface area contributed by atoms with E-state index in [-0.39, 0.29) is 30.5 Å². The third-order valence-electron chi connectivity index (χ3n) is 4.86. The minimum atomic E-state index is -3.13. The summed E-state index contributed by atoms with van der Waals surface area (Å²) >= 11 is 0. The topological polar surface area (TPSA) is 133 Å². The van der Waals surface area contributed by atoms with Gasteiger partial charge in [-0.05, 0) is 13.0 Å². The number of nitrogens with zero attached hydrogens (tertiary/aromatic N) is 5. The highest BCUT2D eigenvalue weighted by atomic mass is 19.3. The highest BCUT2D eigenvalue weighted by Crippen LogP contribution is 2.33. The number of amides is 3. The largest absolute Gasteiger partial charge is 0.477 e. The van der Waals surface area contributed by atoms with Crippen molar-refractivity contribution in [3.05, 3.63) is 30.7 Å². The Hall–Kier alpha value is -3.77. The lowest BCUT2D eigenvalue weighted by Crippen LogP contribution is -2.60. The van der Waals surface area contributed by atoms with Gasteiger partial charge in [0, 0.05) is 44.5 Å². The van der Waals surface area contributed by atoms with Crippen molar-refractivity contribution in [2.75, 3.05) is 42.3 Å². The first-order valence-electron chi connectivity index (χ1n) is 9.77. The van der Waals surface area contributed by atoms with Gasteiger partial charge in [-0.3, -0.25) is 10.6 Å². The summed E-state index contributed by atoms with van der Waals surface area (Å²) < 4.78 is 34.6. The number of hydrogen-bond acceptors (Lipinski definition) is 7. The number of carbonyl (C=O) groups excluding carboxylic acids is 1. The maximum absolute atomic E-state index is 14.7. The Bertz CT molecular complexity index is 961. The number of carboxylic acid groups (broad SMARTS) is 1. The molecular weight excluding hydrogens is 428 g/mol. The zero-order valence-electron chi connectivity index (χ0n) is 17.5. The highest BCUT2D eigenvalue weighted by molar-refractivity contribution is 5.88. The van der Waals surface area contributed by atoms with Gasteiger partial charge < -0.3 is 19.6 Å². The van der Waals surface area contributed by atoms with Gasteiger partial charge in [-0.1, -0.05) is 0 Å². The summed E-state index contributed by atoms with van der Waals surface area (Å²) in [7, 11) is 1.27. The molecule has 0 bridgehead atoms. The monoisotopic (exact) mass is 451 g/mol. The number of urea groups is 1. The molecule has 0 aliphatic carbocycles. The minimum Gasteiger partial charge on any atom is -0.477 e. The lowest BCUT2D eigenvalue weighted by Gasteiger charge is -2.42. The first-order chi connectivity index (χ1) is 15.2. The van der Waals surface area contributed by atoms with E-state index in [1.165, 1.54) is 37.8 Å². The second-order valence-electron chi connectivity index (χ2n) is 7.02. The lowest BCUT2D eigenvalue weighted by atomic mass is 9.99. The van der Waals surface area contributed by atoms with Crippen LogP contribution in [0.25, 0.3) is 0 Å². The number of halogens is 2. The standard InChI is InChI=1S/C19H23F2N7O4/c1-3-32-16-10-23-14(9-24-16)26-17(29)27(2)13-11-28(7-5-19(13,20)21)15-8-12(4-6-22-15)25-18(30)31/h4,6,8-10,13H,3,5,7,11H2,1-2H3,(H,22,25)(H,30,31)(H,23,26,29).